The second kappa shape index (κ2) is 5.16. The molecule has 2 nitrogen and oxygen atoms in total. The molecule has 0 rings (SSSR count). The van der Waals surface area contributed by atoms with Gasteiger partial charge in [0, 0.05) is 0 Å². The normalized spacial score (nSPS) is 13.2. The van der Waals surface area contributed by atoms with Crippen LogP contribution in [0.25, 0.3) is 0 Å². The maximum atomic E-state index is 11.1. The standard InChI is InChI=1S/C9H18O2/c1-5-11-9(10)8(4)6-7(2)3/h7-8H,5-6H2,1-4H3. The maximum absolute atomic E-state index is 11.1. The predicted octanol–water partition coefficient (Wildman–Crippen LogP) is 2.23. The van der Waals surface area contributed by atoms with Gasteiger partial charge in [-0.05, 0) is 19.3 Å². The Morgan fingerprint density at radius 3 is 2.27 bits per heavy atom. The quantitative estimate of drug-likeness (QED) is 0.586. The highest BCUT2D eigenvalue weighted by atomic mass is 16.5. The minimum absolute atomic E-state index is 0.0509. The van der Waals surface area contributed by atoms with E-state index < -0.39 is 0 Å². The summed E-state index contributed by atoms with van der Waals surface area (Å²) < 4.78 is 4.87. The first kappa shape index (κ1) is 10.5. The molecule has 0 saturated carbocycles. The Kier molecular flexibility index (Phi) is 4.92. The molecule has 0 radical (unpaired) electrons. The Bertz CT molecular complexity index is 119. The van der Waals surface area contributed by atoms with E-state index in [0.29, 0.717) is 12.5 Å². The summed E-state index contributed by atoms with van der Waals surface area (Å²) in [6, 6.07) is 0. The minimum Gasteiger partial charge on any atom is -0.466 e. The van der Waals surface area contributed by atoms with Gasteiger partial charge >= 0.3 is 5.97 Å². The Hall–Kier alpha value is -0.530. The molecule has 0 amide bonds. The highest BCUT2D eigenvalue weighted by Crippen LogP contribution is 2.11. The zero-order chi connectivity index (χ0) is 8.85. The third-order valence-corrected chi connectivity index (χ3v) is 1.51. The minimum atomic E-state index is -0.0683. The van der Waals surface area contributed by atoms with Crippen LogP contribution in [0.1, 0.15) is 34.1 Å². The van der Waals surface area contributed by atoms with E-state index in [0.717, 1.165) is 6.42 Å². The summed E-state index contributed by atoms with van der Waals surface area (Å²) in [4.78, 5) is 11.1. The fourth-order valence-electron chi connectivity index (χ4n) is 1.09. The summed E-state index contributed by atoms with van der Waals surface area (Å²) >= 11 is 0. The molecule has 1 atom stereocenters. The van der Waals surface area contributed by atoms with Crippen molar-refractivity contribution in [3.8, 4) is 0 Å². The van der Waals surface area contributed by atoms with Crippen LogP contribution in [-0.2, 0) is 9.53 Å². The van der Waals surface area contributed by atoms with Crippen LogP contribution in [0.2, 0.25) is 0 Å². The van der Waals surface area contributed by atoms with Crippen molar-refractivity contribution in [2.24, 2.45) is 11.8 Å². The molecule has 0 aliphatic heterocycles. The molecule has 0 fully saturated rings. The lowest BCUT2D eigenvalue weighted by Gasteiger charge is -2.11. The van der Waals surface area contributed by atoms with Gasteiger partial charge < -0.3 is 4.74 Å². The Morgan fingerprint density at radius 2 is 1.91 bits per heavy atom. The highest BCUT2D eigenvalue weighted by Gasteiger charge is 2.14. The Morgan fingerprint density at radius 1 is 1.36 bits per heavy atom. The molecular formula is C9H18O2. The van der Waals surface area contributed by atoms with Crippen molar-refractivity contribution in [3.63, 3.8) is 0 Å². The fraction of sp³-hybridized carbons (Fsp3) is 0.889. The van der Waals surface area contributed by atoms with Crippen molar-refractivity contribution < 1.29 is 9.53 Å². The van der Waals surface area contributed by atoms with Crippen molar-refractivity contribution in [3.05, 3.63) is 0 Å². The third kappa shape index (κ3) is 4.82. The molecule has 11 heavy (non-hydrogen) atoms. The van der Waals surface area contributed by atoms with E-state index in [1.54, 1.807) is 0 Å². The largest absolute Gasteiger partial charge is 0.466 e. The van der Waals surface area contributed by atoms with E-state index in [1.165, 1.54) is 0 Å². The van der Waals surface area contributed by atoms with E-state index in [1.807, 2.05) is 13.8 Å². The lowest BCUT2D eigenvalue weighted by atomic mass is 9.99. The SMILES string of the molecule is CCOC(=O)C(C)CC(C)C. The summed E-state index contributed by atoms with van der Waals surface area (Å²) in [5, 5.41) is 0. The molecule has 0 saturated heterocycles. The molecule has 0 aliphatic carbocycles. The van der Waals surface area contributed by atoms with E-state index >= 15 is 0 Å². The van der Waals surface area contributed by atoms with Gasteiger partial charge in [0.05, 0.1) is 12.5 Å². The average molecular weight is 158 g/mol. The third-order valence-electron chi connectivity index (χ3n) is 1.51. The number of carbonyl (C=O) groups excluding carboxylic acids is 1. The van der Waals surface area contributed by atoms with Gasteiger partial charge in [-0.15, -0.1) is 0 Å². The first-order valence-electron chi connectivity index (χ1n) is 4.24. The van der Waals surface area contributed by atoms with E-state index in [2.05, 4.69) is 13.8 Å². The lowest BCUT2D eigenvalue weighted by Crippen LogP contribution is -2.16. The van der Waals surface area contributed by atoms with Crippen LogP contribution < -0.4 is 0 Å². The zero-order valence-electron chi connectivity index (χ0n) is 7.89. The van der Waals surface area contributed by atoms with E-state index in [-0.39, 0.29) is 11.9 Å². The van der Waals surface area contributed by atoms with Gasteiger partial charge in [0.15, 0.2) is 0 Å². The number of carbonyl (C=O) groups is 1. The number of ether oxygens (including phenoxy) is 1. The topological polar surface area (TPSA) is 26.3 Å². The predicted molar refractivity (Wildman–Crippen MR) is 45.3 cm³/mol. The average Bonchev–Trinajstić information content (AvgIpc) is 1.86. The Balaban J connectivity index is 3.64. The molecule has 0 N–H and O–H groups in total. The van der Waals surface area contributed by atoms with E-state index in [9.17, 15) is 4.79 Å². The van der Waals surface area contributed by atoms with Gasteiger partial charge in [0.2, 0.25) is 0 Å². The van der Waals surface area contributed by atoms with Gasteiger partial charge in [0.1, 0.15) is 0 Å². The van der Waals surface area contributed by atoms with Crippen LogP contribution in [0.5, 0.6) is 0 Å². The van der Waals surface area contributed by atoms with Crippen molar-refractivity contribution >= 4 is 5.97 Å². The van der Waals surface area contributed by atoms with Gasteiger partial charge in [0.25, 0.3) is 0 Å². The molecule has 0 aromatic rings. The number of esters is 1. The summed E-state index contributed by atoms with van der Waals surface area (Å²) in [6.45, 7) is 8.45. The monoisotopic (exact) mass is 158 g/mol. The van der Waals surface area contributed by atoms with Crippen molar-refractivity contribution in [1.82, 2.24) is 0 Å². The van der Waals surface area contributed by atoms with E-state index in [4.69, 9.17) is 4.74 Å². The molecule has 0 spiro atoms. The molecule has 0 bridgehead atoms. The molecule has 0 aromatic heterocycles. The van der Waals surface area contributed by atoms with Crippen LogP contribution in [0.3, 0.4) is 0 Å². The van der Waals surface area contributed by atoms with Crippen LogP contribution in [0, 0.1) is 11.8 Å². The first-order chi connectivity index (χ1) is 5.07. The summed E-state index contributed by atoms with van der Waals surface area (Å²) in [6.07, 6.45) is 0.916. The molecule has 0 heterocycles. The molecule has 0 aliphatic rings. The maximum Gasteiger partial charge on any atom is 0.308 e. The van der Waals surface area contributed by atoms with Gasteiger partial charge in [-0.3, -0.25) is 4.79 Å². The van der Waals surface area contributed by atoms with Gasteiger partial charge in [-0.25, -0.2) is 0 Å². The van der Waals surface area contributed by atoms with Gasteiger partial charge in [-0.1, -0.05) is 20.8 Å². The lowest BCUT2D eigenvalue weighted by molar-refractivity contribution is -0.147. The smallest absolute Gasteiger partial charge is 0.308 e. The number of rotatable bonds is 4. The second-order valence-corrected chi connectivity index (χ2v) is 3.28. The van der Waals surface area contributed by atoms with Gasteiger partial charge in [-0.2, -0.15) is 0 Å². The number of hydrogen-bond acceptors (Lipinski definition) is 2. The molecular weight excluding hydrogens is 140 g/mol. The summed E-state index contributed by atoms with van der Waals surface area (Å²) in [5.41, 5.74) is 0. The molecule has 1 unspecified atom stereocenters. The van der Waals surface area contributed by atoms with Crippen molar-refractivity contribution in [1.29, 1.82) is 0 Å². The fourth-order valence-corrected chi connectivity index (χ4v) is 1.09. The summed E-state index contributed by atoms with van der Waals surface area (Å²) in [5.74, 6) is 0.547. The zero-order valence-corrected chi connectivity index (χ0v) is 7.89. The Labute approximate surface area is 68.9 Å². The van der Waals surface area contributed by atoms with Crippen LogP contribution in [0.4, 0.5) is 0 Å². The second-order valence-electron chi connectivity index (χ2n) is 3.28. The van der Waals surface area contributed by atoms with Crippen molar-refractivity contribution in [2.45, 2.75) is 34.1 Å². The molecule has 66 valence electrons. The number of hydrogen-bond donors (Lipinski definition) is 0. The van der Waals surface area contributed by atoms with Crippen molar-refractivity contribution in [2.75, 3.05) is 6.61 Å². The molecule has 2 heteroatoms. The van der Waals surface area contributed by atoms with Crippen LogP contribution in [0.15, 0.2) is 0 Å². The first-order valence-corrected chi connectivity index (χ1v) is 4.24. The van der Waals surface area contributed by atoms with Crippen LogP contribution in [-0.4, -0.2) is 12.6 Å². The summed E-state index contributed by atoms with van der Waals surface area (Å²) in [7, 11) is 0. The molecule has 0 aromatic carbocycles. The highest BCUT2D eigenvalue weighted by molar-refractivity contribution is 5.71. The van der Waals surface area contributed by atoms with Crippen LogP contribution >= 0.6 is 0 Å².